The highest BCUT2D eigenvalue weighted by atomic mass is 16.7. The molecule has 0 fully saturated rings. The number of aliphatic imine (C=N–C) groups is 1. The molecule has 0 unspecified atom stereocenters. The minimum atomic E-state index is -0.676. The Hall–Kier alpha value is -5.19. The SMILES string of the molecule is CCOc1cc(C=C2N=C(c3ccc([N+](=O)[O-])cc3)OC2=O)ccc1OC(=O)c1ccc2c(c1)OCO2. The lowest BCUT2D eigenvalue weighted by atomic mass is 10.1. The predicted octanol–water partition coefficient (Wildman–Crippen LogP) is 4.29. The lowest BCUT2D eigenvalue weighted by Crippen LogP contribution is -2.09. The fourth-order valence-corrected chi connectivity index (χ4v) is 3.57. The molecular formula is C26H18N2O9. The number of nitrogens with zero attached hydrogens (tertiary/aromatic N) is 2. The first-order valence-corrected chi connectivity index (χ1v) is 11.1. The largest absolute Gasteiger partial charge is 0.490 e. The van der Waals surface area contributed by atoms with Crippen LogP contribution in [0.4, 0.5) is 5.69 Å². The molecule has 11 nitrogen and oxygen atoms in total. The van der Waals surface area contributed by atoms with E-state index in [0.29, 0.717) is 29.2 Å². The second-order valence-electron chi connectivity index (χ2n) is 7.74. The molecule has 5 rings (SSSR count). The number of fused-ring (bicyclic) bond motifs is 1. The summed E-state index contributed by atoms with van der Waals surface area (Å²) in [7, 11) is 0. The van der Waals surface area contributed by atoms with E-state index in [1.165, 1.54) is 36.4 Å². The van der Waals surface area contributed by atoms with E-state index in [0.717, 1.165) is 0 Å². The van der Waals surface area contributed by atoms with Gasteiger partial charge in [0.1, 0.15) is 0 Å². The van der Waals surface area contributed by atoms with Gasteiger partial charge in [-0.2, -0.15) is 0 Å². The van der Waals surface area contributed by atoms with Gasteiger partial charge in [-0.05, 0) is 61.0 Å². The summed E-state index contributed by atoms with van der Waals surface area (Å²) in [6.07, 6.45) is 1.49. The van der Waals surface area contributed by atoms with Gasteiger partial charge in [0.15, 0.2) is 28.7 Å². The number of cyclic esters (lactones) is 1. The molecule has 0 atom stereocenters. The number of hydrogen-bond acceptors (Lipinski definition) is 10. The van der Waals surface area contributed by atoms with Gasteiger partial charge in [-0.3, -0.25) is 10.1 Å². The van der Waals surface area contributed by atoms with Crippen molar-refractivity contribution in [2.45, 2.75) is 6.92 Å². The molecule has 0 spiro atoms. The van der Waals surface area contributed by atoms with Crippen LogP contribution < -0.4 is 18.9 Å². The summed E-state index contributed by atoms with van der Waals surface area (Å²) < 4.78 is 27.0. The minimum Gasteiger partial charge on any atom is -0.490 e. The number of non-ortho nitro benzene ring substituents is 1. The molecule has 0 N–H and O–H groups in total. The van der Waals surface area contributed by atoms with Gasteiger partial charge < -0.3 is 23.7 Å². The average molecular weight is 502 g/mol. The van der Waals surface area contributed by atoms with Crippen molar-refractivity contribution in [3.8, 4) is 23.0 Å². The molecule has 37 heavy (non-hydrogen) atoms. The maximum absolute atomic E-state index is 12.7. The molecule has 0 saturated carbocycles. The van der Waals surface area contributed by atoms with Gasteiger partial charge in [0.05, 0.1) is 17.1 Å². The summed E-state index contributed by atoms with van der Waals surface area (Å²) in [5.74, 6) is 0.233. The van der Waals surface area contributed by atoms with Crippen molar-refractivity contribution in [2.24, 2.45) is 4.99 Å². The Morgan fingerprint density at radius 2 is 1.84 bits per heavy atom. The maximum Gasteiger partial charge on any atom is 0.363 e. The third-order valence-corrected chi connectivity index (χ3v) is 5.33. The molecule has 2 heterocycles. The van der Waals surface area contributed by atoms with E-state index >= 15 is 0 Å². The first-order chi connectivity index (χ1) is 17.9. The molecule has 0 saturated heterocycles. The van der Waals surface area contributed by atoms with Gasteiger partial charge in [0.2, 0.25) is 12.7 Å². The van der Waals surface area contributed by atoms with E-state index in [2.05, 4.69) is 4.99 Å². The molecule has 0 radical (unpaired) electrons. The number of ether oxygens (including phenoxy) is 5. The third kappa shape index (κ3) is 4.96. The van der Waals surface area contributed by atoms with Crippen LogP contribution in [0, 0.1) is 10.1 Å². The van der Waals surface area contributed by atoms with E-state index in [-0.39, 0.29) is 41.1 Å². The molecule has 3 aromatic rings. The second kappa shape index (κ2) is 9.82. The molecule has 3 aromatic carbocycles. The van der Waals surface area contributed by atoms with Crippen molar-refractivity contribution in [3.63, 3.8) is 0 Å². The molecular weight excluding hydrogens is 484 g/mol. The van der Waals surface area contributed by atoms with Crippen molar-refractivity contribution in [1.82, 2.24) is 0 Å². The molecule has 186 valence electrons. The minimum absolute atomic E-state index is 0.0286. The van der Waals surface area contributed by atoms with Crippen LogP contribution in [0.2, 0.25) is 0 Å². The van der Waals surface area contributed by atoms with Crippen LogP contribution in [0.3, 0.4) is 0 Å². The lowest BCUT2D eigenvalue weighted by Gasteiger charge is -2.11. The van der Waals surface area contributed by atoms with Crippen LogP contribution in [0.25, 0.3) is 6.08 Å². The number of nitro benzene ring substituents is 1. The number of carbonyl (C=O) groups is 2. The number of rotatable bonds is 7. The average Bonchev–Trinajstić information content (AvgIpc) is 3.51. The molecule has 2 aliphatic rings. The predicted molar refractivity (Wildman–Crippen MR) is 129 cm³/mol. The van der Waals surface area contributed by atoms with Gasteiger partial charge >= 0.3 is 11.9 Å². The van der Waals surface area contributed by atoms with Crippen LogP contribution in [0.1, 0.15) is 28.4 Å². The van der Waals surface area contributed by atoms with Crippen LogP contribution in [-0.2, 0) is 9.53 Å². The summed E-state index contributed by atoms with van der Waals surface area (Å²) in [5, 5.41) is 10.8. The fourth-order valence-electron chi connectivity index (χ4n) is 3.57. The van der Waals surface area contributed by atoms with Gasteiger partial charge in [-0.15, -0.1) is 0 Å². The molecule has 2 aliphatic heterocycles. The zero-order valence-electron chi connectivity index (χ0n) is 19.3. The summed E-state index contributed by atoms with van der Waals surface area (Å²) in [5.41, 5.74) is 1.18. The topological polar surface area (TPSA) is 136 Å². The quantitative estimate of drug-likeness (QED) is 0.152. The van der Waals surface area contributed by atoms with Crippen molar-refractivity contribution in [3.05, 3.63) is 93.2 Å². The molecule has 0 aromatic heterocycles. The summed E-state index contributed by atoms with van der Waals surface area (Å²) >= 11 is 0. The number of esters is 2. The number of carbonyl (C=O) groups excluding carboxylic acids is 2. The monoisotopic (exact) mass is 502 g/mol. The van der Waals surface area contributed by atoms with E-state index in [1.807, 2.05) is 0 Å². The van der Waals surface area contributed by atoms with Crippen LogP contribution in [0.5, 0.6) is 23.0 Å². The molecule has 0 aliphatic carbocycles. The second-order valence-corrected chi connectivity index (χ2v) is 7.74. The zero-order chi connectivity index (χ0) is 25.9. The number of hydrogen-bond donors (Lipinski definition) is 0. The lowest BCUT2D eigenvalue weighted by molar-refractivity contribution is -0.384. The first-order valence-electron chi connectivity index (χ1n) is 11.1. The molecule has 0 amide bonds. The Bertz CT molecular complexity index is 1480. The summed E-state index contributed by atoms with van der Waals surface area (Å²) in [4.78, 5) is 39.6. The Kier molecular flexibility index (Phi) is 6.25. The van der Waals surface area contributed by atoms with Crippen LogP contribution in [0.15, 0.2) is 71.4 Å². The highest BCUT2D eigenvalue weighted by molar-refractivity contribution is 6.12. The van der Waals surface area contributed by atoms with Gasteiger partial charge in [0.25, 0.3) is 5.69 Å². The summed E-state index contributed by atoms with van der Waals surface area (Å²) in [6, 6.07) is 15.0. The third-order valence-electron chi connectivity index (χ3n) is 5.33. The Balaban J connectivity index is 1.37. The van der Waals surface area contributed by atoms with Crippen LogP contribution >= 0.6 is 0 Å². The normalized spacial score (nSPS) is 14.8. The van der Waals surface area contributed by atoms with E-state index in [1.54, 1.807) is 37.3 Å². The number of nitro groups is 1. The van der Waals surface area contributed by atoms with Crippen molar-refractivity contribution < 1.29 is 38.2 Å². The standard InChI is InChI=1S/C26H18N2O9/c1-2-33-22-12-15(3-9-21(22)36-25(29)17-6-10-20-23(13-17)35-14-34-20)11-19-26(30)37-24(27-19)16-4-7-18(8-5-16)28(31)32/h3-13H,2,14H2,1H3. The maximum atomic E-state index is 12.7. The Morgan fingerprint density at radius 1 is 1.05 bits per heavy atom. The molecule has 0 bridgehead atoms. The molecule has 11 heteroatoms. The van der Waals surface area contributed by atoms with E-state index in [9.17, 15) is 19.7 Å². The smallest absolute Gasteiger partial charge is 0.363 e. The summed E-state index contributed by atoms with van der Waals surface area (Å²) in [6.45, 7) is 2.18. The van der Waals surface area contributed by atoms with E-state index < -0.39 is 16.9 Å². The van der Waals surface area contributed by atoms with Gasteiger partial charge in [0, 0.05) is 17.7 Å². The van der Waals surface area contributed by atoms with Crippen molar-refractivity contribution >= 4 is 29.6 Å². The highest BCUT2D eigenvalue weighted by Gasteiger charge is 2.25. The van der Waals surface area contributed by atoms with Gasteiger partial charge in [-0.25, -0.2) is 14.6 Å². The van der Waals surface area contributed by atoms with Crippen molar-refractivity contribution in [1.29, 1.82) is 0 Å². The highest BCUT2D eigenvalue weighted by Crippen LogP contribution is 2.34. The van der Waals surface area contributed by atoms with Gasteiger partial charge in [-0.1, -0.05) is 6.07 Å². The number of benzene rings is 3. The fraction of sp³-hybridized carbons (Fsp3) is 0.115. The first kappa shape index (κ1) is 23.5. The van der Waals surface area contributed by atoms with E-state index in [4.69, 9.17) is 23.7 Å². The van der Waals surface area contributed by atoms with Crippen molar-refractivity contribution in [2.75, 3.05) is 13.4 Å². The van der Waals surface area contributed by atoms with Crippen LogP contribution in [-0.4, -0.2) is 36.2 Å². The Morgan fingerprint density at radius 3 is 2.59 bits per heavy atom. The zero-order valence-corrected chi connectivity index (χ0v) is 19.3. The Labute approximate surface area is 209 Å².